The number of amides is 2. The molecule has 7 heteroatoms. The second kappa shape index (κ2) is 9.20. The summed E-state index contributed by atoms with van der Waals surface area (Å²) in [7, 11) is 0. The topological polar surface area (TPSA) is 53.5 Å². The van der Waals surface area contributed by atoms with Crippen molar-refractivity contribution in [1.29, 1.82) is 0 Å². The largest absolute Gasteiger partial charge is 0.342 e. The van der Waals surface area contributed by atoms with Crippen molar-refractivity contribution in [2.45, 2.75) is 32.1 Å². The van der Waals surface area contributed by atoms with Crippen LogP contribution in [0.1, 0.15) is 42.5 Å². The van der Waals surface area contributed by atoms with Crippen LogP contribution in [0.3, 0.4) is 0 Å². The number of hydrogen-bond donors (Lipinski definition) is 0. The van der Waals surface area contributed by atoms with E-state index >= 15 is 0 Å². The van der Waals surface area contributed by atoms with Gasteiger partial charge in [0.2, 0.25) is 5.91 Å². The number of thiophene rings is 1. The second-order valence-corrected chi connectivity index (χ2v) is 10.3. The van der Waals surface area contributed by atoms with Crippen molar-refractivity contribution in [2.24, 2.45) is 5.92 Å². The molecule has 0 saturated carbocycles. The van der Waals surface area contributed by atoms with Crippen molar-refractivity contribution in [3.8, 4) is 10.6 Å². The van der Waals surface area contributed by atoms with E-state index in [1.54, 1.807) is 0 Å². The summed E-state index contributed by atoms with van der Waals surface area (Å²) >= 11 is 7.59. The van der Waals surface area contributed by atoms with Crippen LogP contribution in [0, 0.1) is 5.92 Å². The van der Waals surface area contributed by atoms with E-state index in [-0.39, 0.29) is 17.7 Å². The van der Waals surface area contributed by atoms with Gasteiger partial charge in [-0.1, -0.05) is 29.8 Å². The van der Waals surface area contributed by atoms with Gasteiger partial charge in [-0.3, -0.25) is 9.59 Å². The van der Waals surface area contributed by atoms with Crippen LogP contribution in [0.25, 0.3) is 21.5 Å². The number of carbonyl (C=O) groups excluding carboxylic acids is 2. The molecule has 2 saturated heterocycles. The maximum atomic E-state index is 13.6. The van der Waals surface area contributed by atoms with Crippen LogP contribution in [-0.2, 0) is 4.79 Å². The minimum absolute atomic E-state index is 0.0105. The molecule has 1 aromatic carbocycles. The van der Waals surface area contributed by atoms with E-state index in [0.717, 1.165) is 60.2 Å². The number of likely N-dealkylation sites (tertiary alicyclic amines) is 2. The lowest BCUT2D eigenvalue weighted by Crippen LogP contribution is -2.45. The van der Waals surface area contributed by atoms with E-state index in [0.29, 0.717) is 23.0 Å². The normalized spacial score (nSPS) is 17.7. The first-order chi connectivity index (χ1) is 15.6. The molecule has 166 valence electrons. The van der Waals surface area contributed by atoms with Crippen LogP contribution in [-0.4, -0.2) is 52.8 Å². The molecule has 0 atom stereocenters. The Morgan fingerprint density at radius 1 is 0.938 bits per heavy atom. The average molecular weight is 468 g/mol. The molecule has 5 rings (SSSR count). The predicted octanol–water partition coefficient (Wildman–Crippen LogP) is 5.48. The molecule has 32 heavy (non-hydrogen) atoms. The summed E-state index contributed by atoms with van der Waals surface area (Å²) in [5, 5.41) is 0.857. The van der Waals surface area contributed by atoms with Gasteiger partial charge in [-0.15, -0.1) is 11.3 Å². The fraction of sp³-hybridized carbons (Fsp3) is 0.400. The Morgan fingerprint density at radius 3 is 2.41 bits per heavy atom. The van der Waals surface area contributed by atoms with E-state index < -0.39 is 0 Å². The molecule has 2 aliphatic rings. The second-order valence-electron chi connectivity index (χ2n) is 8.63. The summed E-state index contributed by atoms with van der Waals surface area (Å²) in [5.41, 5.74) is 2.23. The molecule has 2 amide bonds. The fourth-order valence-electron chi connectivity index (χ4n) is 4.80. The van der Waals surface area contributed by atoms with Crippen molar-refractivity contribution in [3.05, 3.63) is 52.4 Å². The molecule has 0 spiro atoms. The molecular weight excluding hydrogens is 442 g/mol. The third-order valence-corrected chi connectivity index (χ3v) is 7.83. The van der Waals surface area contributed by atoms with Crippen molar-refractivity contribution in [2.75, 3.05) is 26.2 Å². The Morgan fingerprint density at radius 2 is 1.69 bits per heavy atom. The zero-order valence-electron chi connectivity index (χ0n) is 17.9. The van der Waals surface area contributed by atoms with Gasteiger partial charge < -0.3 is 9.80 Å². The first kappa shape index (κ1) is 21.4. The van der Waals surface area contributed by atoms with Gasteiger partial charge in [0.05, 0.1) is 26.0 Å². The minimum atomic E-state index is 0.0105. The summed E-state index contributed by atoms with van der Waals surface area (Å²) in [6.07, 6.45) is 4.90. The van der Waals surface area contributed by atoms with Gasteiger partial charge in [-0.05, 0) is 56.4 Å². The predicted molar refractivity (Wildman–Crippen MR) is 129 cm³/mol. The lowest BCUT2D eigenvalue weighted by molar-refractivity contribution is -0.137. The van der Waals surface area contributed by atoms with E-state index in [1.165, 1.54) is 17.8 Å². The Bertz CT molecular complexity index is 1150. The van der Waals surface area contributed by atoms with Crippen LogP contribution >= 0.6 is 22.9 Å². The number of nitrogens with zero attached hydrogens (tertiary/aromatic N) is 3. The van der Waals surface area contributed by atoms with Crippen LogP contribution < -0.4 is 0 Å². The van der Waals surface area contributed by atoms with Crippen LogP contribution in [0.15, 0.2) is 42.5 Å². The number of hydrogen-bond acceptors (Lipinski definition) is 4. The smallest absolute Gasteiger partial charge is 0.254 e. The Labute approximate surface area is 197 Å². The van der Waals surface area contributed by atoms with E-state index in [2.05, 4.69) is 0 Å². The fourth-order valence-corrected chi connectivity index (χ4v) is 5.81. The van der Waals surface area contributed by atoms with Gasteiger partial charge in [0.25, 0.3) is 5.91 Å². The molecule has 0 unspecified atom stereocenters. The molecule has 0 N–H and O–H groups in total. The number of pyridine rings is 1. The highest BCUT2D eigenvalue weighted by Crippen LogP contribution is 2.33. The van der Waals surface area contributed by atoms with Crippen molar-refractivity contribution in [3.63, 3.8) is 0 Å². The highest BCUT2D eigenvalue weighted by atomic mass is 35.5. The maximum absolute atomic E-state index is 13.6. The van der Waals surface area contributed by atoms with Crippen molar-refractivity contribution >= 4 is 45.7 Å². The Kier molecular flexibility index (Phi) is 6.15. The molecule has 5 nitrogen and oxygen atoms in total. The van der Waals surface area contributed by atoms with E-state index in [1.807, 2.05) is 52.3 Å². The summed E-state index contributed by atoms with van der Waals surface area (Å²) in [6, 6.07) is 13.4. The molecule has 2 fully saturated rings. The summed E-state index contributed by atoms with van der Waals surface area (Å²) in [5.74, 6) is 0.328. The van der Waals surface area contributed by atoms with Gasteiger partial charge in [-0.2, -0.15) is 0 Å². The minimum Gasteiger partial charge on any atom is -0.342 e. The summed E-state index contributed by atoms with van der Waals surface area (Å²) in [6.45, 7) is 2.99. The van der Waals surface area contributed by atoms with Gasteiger partial charge in [-0.25, -0.2) is 4.98 Å². The number of piperidine rings is 2. The number of carbonyl (C=O) groups is 2. The molecule has 4 heterocycles. The molecule has 2 aromatic heterocycles. The summed E-state index contributed by atoms with van der Waals surface area (Å²) in [4.78, 5) is 36.1. The van der Waals surface area contributed by atoms with Gasteiger partial charge in [0.15, 0.2) is 0 Å². The van der Waals surface area contributed by atoms with Crippen molar-refractivity contribution in [1.82, 2.24) is 14.8 Å². The lowest BCUT2D eigenvalue weighted by atomic mass is 9.93. The average Bonchev–Trinajstić information content (AvgIpc) is 3.29. The standard InChI is InChI=1S/C25H26ClN3O2S/c26-23-9-8-22(32-23)21-16-19(18-6-2-3-7-20(18)27-21)25(31)29-14-10-17(11-15-29)24(30)28-12-4-1-5-13-28/h2-3,6-9,16-17H,1,4-5,10-15H2. The number of halogens is 1. The van der Waals surface area contributed by atoms with Crippen LogP contribution in [0.4, 0.5) is 0 Å². The lowest BCUT2D eigenvalue weighted by Gasteiger charge is -2.35. The summed E-state index contributed by atoms with van der Waals surface area (Å²) < 4.78 is 0.697. The zero-order chi connectivity index (χ0) is 22.1. The van der Waals surface area contributed by atoms with Gasteiger partial charge in [0, 0.05) is 37.5 Å². The third kappa shape index (κ3) is 4.26. The molecule has 2 aliphatic heterocycles. The third-order valence-electron chi connectivity index (χ3n) is 6.57. The number of benzene rings is 1. The van der Waals surface area contributed by atoms with Crippen LogP contribution in [0.5, 0.6) is 0 Å². The Balaban J connectivity index is 1.36. The first-order valence-corrected chi connectivity index (χ1v) is 12.5. The van der Waals surface area contributed by atoms with Gasteiger partial charge in [0.1, 0.15) is 0 Å². The maximum Gasteiger partial charge on any atom is 0.254 e. The molecular formula is C25H26ClN3O2S. The Hall–Kier alpha value is -2.44. The molecule has 0 aliphatic carbocycles. The van der Waals surface area contributed by atoms with E-state index in [4.69, 9.17) is 16.6 Å². The highest BCUT2D eigenvalue weighted by Gasteiger charge is 2.31. The van der Waals surface area contributed by atoms with Crippen molar-refractivity contribution < 1.29 is 9.59 Å². The number of rotatable bonds is 3. The highest BCUT2D eigenvalue weighted by molar-refractivity contribution is 7.19. The van der Waals surface area contributed by atoms with E-state index in [9.17, 15) is 9.59 Å². The number of para-hydroxylation sites is 1. The SMILES string of the molecule is O=C(c1cc(-c2ccc(Cl)s2)nc2ccccc12)N1CCC(C(=O)N2CCCCC2)CC1. The molecule has 0 bridgehead atoms. The monoisotopic (exact) mass is 467 g/mol. The number of fused-ring (bicyclic) bond motifs is 1. The molecule has 3 aromatic rings. The van der Waals surface area contributed by atoms with Gasteiger partial charge >= 0.3 is 0 Å². The first-order valence-electron chi connectivity index (χ1n) is 11.3. The number of aromatic nitrogens is 1. The zero-order valence-corrected chi connectivity index (χ0v) is 19.5. The van der Waals surface area contributed by atoms with Crippen LogP contribution in [0.2, 0.25) is 4.34 Å². The molecule has 0 radical (unpaired) electrons. The quantitative estimate of drug-likeness (QED) is 0.512.